The number of hydrogen-bond acceptors (Lipinski definition) is 2. The smallest absolute Gasteiger partial charge is 0.00951 e. The van der Waals surface area contributed by atoms with E-state index in [4.69, 9.17) is 0 Å². The predicted octanol–water partition coefficient (Wildman–Crippen LogP) is 4.20. The van der Waals surface area contributed by atoms with Crippen molar-refractivity contribution in [1.82, 2.24) is 10.2 Å². The highest BCUT2D eigenvalue weighted by atomic mass is 15.1. The maximum absolute atomic E-state index is 3.50. The van der Waals surface area contributed by atoms with Gasteiger partial charge in [-0.3, -0.25) is 0 Å². The molecule has 1 aliphatic carbocycles. The zero-order valence-electron chi connectivity index (χ0n) is 13.6. The summed E-state index contributed by atoms with van der Waals surface area (Å²) in [7, 11) is 0. The monoisotopic (exact) mass is 268 g/mol. The Balaban J connectivity index is 1.99. The molecule has 0 bridgehead atoms. The Bertz CT molecular complexity index is 197. The van der Waals surface area contributed by atoms with E-state index in [1.165, 1.54) is 77.4 Å². The third-order valence-corrected chi connectivity index (χ3v) is 4.42. The van der Waals surface area contributed by atoms with Crippen molar-refractivity contribution in [2.75, 3.05) is 19.6 Å². The van der Waals surface area contributed by atoms with Crippen LogP contribution in [0, 0.1) is 0 Å². The zero-order valence-corrected chi connectivity index (χ0v) is 13.6. The number of unbranched alkanes of at least 4 members (excludes halogenated alkanes) is 3. The van der Waals surface area contributed by atoms with Gasteiger partial charge in [-0.2, -0.15) is 0 Å². The number of rotatable bonds is 10. The maximum atomic E-state index is 3.50. The minimum absolute atomic E-state index is 0.641. The van der Waals surface area contributed by atoms with Crippen molar-refractivity contribution in [1.29, 1.82) is 0 Å². The van der Waals surface area contributed by atoms with E-state index in [1.54, 1.807) is 0 Å². The SMILES string of the molecule is CCN(CCCCCCNC(C)C)C1CCCCC1. The fourth-order valence-electron chi connectivity index (χ4n) is 3.23. The van der Waals surface area contributed by atoms with Crippen molar-refractivity contribution < 1.29 is 0 Å². The Morgan fingerprint density at radius 2 is 1.68 bits per heavy atom. The van der Waals surface area contributed by atoms with Crippen LogP contribution in [0.2, 0.25) is 0 Å². The van der Waals surface area contributed by atoms with Crippen molar-refractivity contribution >= 4 is 0 Å². The lowest BCUT2D eigenvalue weighted by Gasteiger charge is -2.33. The summed E-state index contributed by atoms with van der Waals surface area (Å²) in [5, 5.41) is 3.50. The number of nitrogens with zero attached hydrogens (tertiary/aromatic N) is 1. The highest BCUT2D eigenvalue weighted by Gasteiger charge is 2.18. The molecule has 2 heteroatoms. The Hall–Kier alpha value is -0.0800. The first-order valence-corrected chi connectivity index (χ1v) is 8.71. The molecule has 1 fully saturated rings. The first-order valence-electron chi connectivity index (χ1n) is 8.71. The molecule has 0 aliphatic heterocycles. The van der Waals surface area contributed by atoms with Crippen LogP contribution in [-0.2, 0) is 0 Å². The van der Waals surface area contributed by atoms with Gasteiger partial charge in [-0.05, 0) is 45.3 Å². The van der Waals surface area contributed by atoms with Crippen LogP contribution >= 0.6 is 0 Å². The third kappa shape index (κ3) is 7.94. The molecule has 1 aliphatic rings. The summed E-state index contributed by atoms with van der Waals surface area (Å²) in [5.74, 6) is 0. The second kappa shape index (κ2) is 10.7. The average Bonchev–Trinajstić information content (AvgIpc) is 2.42. The van der Waals surface area contributed by atoms with Crippen LogP contribution in [0.4, 0.5) is 0 Å². The highest BCUT2D eigenvalue weighted by Crippen LogP contribution is 2.22. The van der Waals surface area contributed by atoms with Gasteiger partial charge in [-0.15, -0.1) is 0 Å². The molecular weight excluding hydrogens is 232 g/mol. The fraction of sp³-hybridized carbons (Fsp3) is 1.00. The summed E-state index contributed by atoms with van der Waals surface area (Å²) < 4.78 is 0. The molecule has 0 aromatic carbocycles. The molecule has 0 aromatic heterocycles. The van der Waals surface area contributed by atoms with Crippen LogP contribution < -0.4 is 5.32 Å². The molecule has 2 nitrogen and oxygen atoms in total. The molecule has 0 radical (unpaired) electrons. The first kappa shape index (κ1) is 17.0. The van der Waals surface area contributed by atoms with Crippen LogP contribution in [0.3, 0.4) is 0 Å². The largest absolute Gasteiger partial charge is 0.315 e. The van der Waals surface area contributed by atoms with E-state index in [2.05, 4.69) is 31.0 Å². The normalized spacial score (nSPS) is 17.5. The molecule has 1 N–H and O–H groups in total. The van der Waals surface area contributed by atoms with Crippen LogP contribution in [0.15, 0.2) is 0 Å². The van der Waals surface area contributed by atoms with E-state index in [1.807, 2.05) is 0 Å². The van der Waals surface area contributed by atoms with Crippen LogP contribution in [0.5, 0.6) is 0 Å². The van der Waals surface area contributed by atoms with Gasteiger partial charge in [0.05, 0.1) is 0 Å². The lowest BCUT2D eigenvalue weighted by molar-refractivity contribution is 0.160. The summed E-state index contributed by atoms with van der Waals surface area (Å²) in [4.78, 5) is 2.74. The summed E-state index contributed by atoms with van der Waals surface area (Å²) >= 11 is 0. The number of nitrogens with one attached hydrogen (secondary N) is 1. The van der Waals surface area contributed by atoms with Crippen molar-refractivity contribution in [3.05, 3.63) is 0 Å². The standard InChI is InChI=1S/C17H36N2/c1-4-19(17-12-8-7-9-13-17)15-11-6-5-10-14-18-16(2)3/h16-18H,4-15H2,1-3H3. The second-order valence-corrected chi connectivity index (χ2v) is 6.44. The molecular formula is C17H36N2. The molecule has 1 saturated carbocycles. The predicted molar refractivity (Wildman–Crippen MR) is 85.7 cm³/mol. The minimum atomic E-state index is 0.641. The Kier molecular flexibility index (Phi) is 9.54. The van der Waals surface area contributed by atoms with Crippen molar-refractivity contribution in [2.24, 2.45) is 0 Å². The summed E-state index contributed by atoms with van der Waals surface area (Å²) in [6.07, 6.45) is 12.8. The molecule has 0 saturated heterocycles. The molecule has 1 rings (SSSR count). The summed E-state index contributed by atoms with van der Waals surface area (Å²) in [5.41, 5.74) is 0. The summed E-state index contributed by atoms with van der Waals surface area (Å²) in [6.45, 7) is 10.6. The van der Waals surface area contributed by atoms with E-state index in [-0.39, 0.29) is 0 Å². The molecule has 0 unspecified atom stereocenters. The van der Waals surface area contributed by atoms with Crippen molar-refractivity contribution in [3.63, 3.8) is 0 Å². The van der Waals surface area contributed by atoms with Gasteiger partial charge in [0, 0.05) is 12.1 Å². The van der Waals surface area contributed by atoms with Crippen molar-refractivity contribution in [3.8, 4) is 0 Å². The molecule has 0 spiro atoms. The molecule has 0 aromatic rings. The van der Waals surface area contributed by atoms with Gasteiger partial charge in [0.15, 0.2) is 0 Å². The summed E-state index contributed by atoms with van der Waals surface area (Å²) in [6, 6.07) is 1.54. The maximum Gasteiger partial charge on any atom is 0.00951 e. The zero-order chi connectivity index (χ0) is 13.9. The van der Waals surface area contributed by atoms with Gasteiger partial charge in [-0.1, -0.05) is 52.9 Å². The molecule has 0 heterocycles. The Morgan fingerprint density at radius 3 is 2.32 bits per heavy atom. The molecule has 0 atom stereocenters. The Morgan fingerprint density at radius 1 is 1.00 bits per heavy atom. The minimum Gasteiger partial charge on any atom is -0.315 e. The third-order valence-electron chi connectivity index (χ3n) is 4.42. The van der Waals surface area contributed by atoms with Gasteiger partial charge >= 0.3 is 0 Å². The van der Waals surface area contributed by atoms with Gasteiger partial charge in [-0.25, -0.2) is 0 Å². The molecule has 0 amide bonds. The van der Waals surface area contributed by atoms with Crippen molar-refractivity contribution in [2.45, 2.75) is 90.6 Å². The molecule has 19 heavy (non-hydrogen) atoms. The van der Waals surface area contributed by atoms with Crippen LogP contribution in [-0.4, -0.2) is 36.6 Å². The highest BCUT2D eigenvalue weighted by molar-refractivity contribution is 4.75. The quantitative estimate of drug-likeness (QED) is 0.597. The Labute approximate surface area is 121 Å². The van der Waals surface area contributed by atoms with Gasteiger partial charge in [0.25, 0.3) is 0 Å². The number of hydrogen-bond donors (Lipinski definition) is 1. The van der Waals surface area contributed by atoms with E-state index < -0.39 is 0 Å². The fourth-order valence-corrected chi connectivity index (χ4v) is 3.23. The van der Waals surface area contributed by atoms with E-state index in [0.29, 0.717) is 6.04 Å². The lowest BCUT2D eigenvalue weighted by atomic mass is 9.94. The van der Waals surface area contributed by atoms with Crippen LogP contribution in [0.25, 0.3) is 0 Å². The lowest BCUT2D eigenvalue weighted by Crippen LogP contribution is -2.37. The van der Waals surface area contributed by atoms with Crippen LogP contribution in [0.1, 0.15) is 78.6 Å². The average molecular weight is 268 g/mol. The second-order valence-electron chi connectivity index (χ2n) is 6.44. The van der Waals surface area contributed by atoms with E-state index >= 15 is 0 Å². The first-order chi connectivity index (χ1) is 9.24. The molecule has 114 valence electrons. The topological polar surface area (TPSA) is 15.3 Å². The van der Waals surface area contributed by atoms with Gasteiger partial charge < -0.3 is 10.2 Å². The van der Waals surface area contributed by atoms with E-state index in [0.717, 1.165) is 6.04 Å². The van der Waals surface area contributed by atoms with E-state index in [9.17, 15) is 0 Å². The van der Waals surface area contributed by atoms with Gasteiger partial charge in [0.1, 0.15) is 0 Å². The van der Waals surface area contributed by atoms with Gasteiger partial charge in [0.2, 0.25) is 0 Å².